The van der Waals surface area contributed by atoms with Gasteiger partial charge in [-0.1, -0.05) is 11.6 Å². The molecule has 0 saturated carbocycles. The average molecular weight is 277 g/mol. The number of H-pyrrole nitrogens is 1. The van der Waals surface area contributed by atoms with E-state index in [1.165, 1.54) is 0 Å². The maximum Gasteiger partial charge on any atom is 0.417 e. The molecule has 0 atom stereocenters. The van der Waals surface area contributed by atoms with Crippen molar-refractivity contribution in [3.63, 3.8) is 0 Å². The Morgan fingerprint density at radius 1 is 1.39 bits per heavy atom. The van der Waals surface area contributed by atoms with Gasteiger partial charge in [0.15, 0.2) is 5.82 Å². The van der Waals surface area contributed by atoms with E-state index in [1.54, 1.807) is 6.92 Å². The van der Waals surface area contributed by atoms with Crippen LogP contribution in [0, 0.1) is 6.92 Å². The molecule has 0 aromatic carbocycles. The van der Waals surface area contributed by atoms with E-state index < -0.39 is 11.7 Å². The van der Waals surface area contributed by atoms with Gasteiger partial charge in [-0.2, -0.15) is 18.3 Å². The molecule has 8 heteroatoms. The summed E-state index contributed by atoms with van der Waals surface area (Å²) in [6.07, 6.45) is -3.76. The van der Waals surface area contributed by atoms with Gasteiger partial charge in [0, 0.05) is 11.9 Å². The molecule has 4 nitrogen and oxygen atoms in total. The lowest BCUT2D eigenvalue weighted by Gasteiger charge is -2.09. The van der Waals surface area contributed by atoms with Crippen LogP contribution in [0.4, 0.5) is 19.0 Å². The number of halogens is 4. The Bertz CT molecular complexity index is 572. The molecule has 0 spiro atoms. The molecule has 0 unspecified atom stereocenters. The fourth-order valence-corrected chi connectivity index (χ4v) is 1.78. The highest BCUT2D eigenvalue weighted by Crippen LogP contribution is 2.36. The molecule has 3 N–H and O–H groups in total. The number of aromatic nitrogens is 3. The van der Waals surface area contributed by atoms with Gasteiger partial charge in [-0.05, 0) is 13.0 Å². The summed E-state index contributed by atoms with van der Waals surface area (Å²) >= 11 is 5.81. The summed E-state index contributed by atoms with van der Waals surface area (Å²) in [5, 5.41) is 6.22. The number of pyridine rings is 1. The number of nitrogen functional groups attached to an aromatic ring is 1. The Morgan fingerprint density at radius 3 is 2.50 bits per heavy atom. The fraction of sp³-hybridized carbons (Fsp3) is 0.200. The van der Waals surface area contributed by atoms with Crippen molar-refractivity contribution in [2.75, 3.05) is 5.73 Å². The zero-order chi connectivity index (χ0) is 13.5. The van der Waals surface area contributed by atoms with Crippen molar-refractivity contribution in [1.29, 1.82) is 0 Å². The first-order chi connectivity index (χ1) is 8.30. The van der Waals surface area contributed by atoms with E-state index >= 15 is 0 Å². The largest absolute Gasteiger partial charge is 0.417 e. The molecule has 96 valence electrons. The molecular formula is C10H8ClF3N4. The summed E-state index contributed by atoms with van der Waals surface area (Å²) in [6, 6.07) is 0.815. The first-order valence-corrected chi connectivity index (χ1v) is 5.22. The third-order valence-electron chi connectivity index (χ3n) is 2.38. The van der Waals surface area contributed by atoms with Gasteiger partial charge >= 0.3 is 6.18 Å². The predicted octanol–water partition coefficient (Wildman–Crippen LogP) is 3.03. The Morgan fingerprint density at radius 2 is 2.06 bits per heavy atom. The van der Waals surface area contributed by atoms with E-state index in [2.05, 4.69) is 15.2 Å². The van der Waals surface area contributed by atoms with Crippen LogP contribution in [0.15, 0.2) is 12.3 Å². The third kappa shape index (κ3) is 2.13. The molecular weight excluding hydrogens is 269 g/mol. The third-order valence-corrected chi connectivity index (χ3v) is 2.67. The summed E-state index contributed by atoms with van der Waals surface area (Å²) in [6.45, 7) is 1.67. The molecule has 2 rings (SSSR count). The van der Waals surface area contributed by atoms with Crippen LogP contribution in [0.2, 0.25) is 5.02 Å². The topological polar surface area (TPSA) is 67.6 Å². The molecule has 2 aromatic rings. The predicted molar refractivity (Wildman–Crippen MR) is 61.0 cm³/mol. The van der Waals surface area contributed by atoms with Gasteiger partial charge < -0.3 is 5.73 Å². The summed E-state index contributed by atoms with van der Waals surface area (Å²) in [5.41, 5.74) is 5.87. The second-order valence-corrected chi connectivity index (χ2v) is 4.07. The highest BCUT2D eigenvalue weighted by molar-refractivity contribution is 6.33. The molecule has 0 saturated heterocycles. The van der Waals surface area contributed by atoms with Crippen molar-refractivity contribution in [2.45, 2.75) is 13.1 Å². The number of nitrogens with one attached hydrogen (secondary N) is 1. The summed E-state index contributed by atoms with van der Waals surface area (Å²) in [7, 11) is 0. The number of alkyl halides is 3. The van der Waals surface area contributed by atoms with Crippen LogP contribution in [-0.2, 0) is 6.18 Å². The zero-order valence-corrected chi connectivity index (χ0v) is 9.89. The molecule has 0 amide bonds. The molecule has 0 fully saturated rings. The molecule has 0 radical (unpaired) electrons. The molecule has 0 aliphatic carbocycles. The lowest BCUT2D eigenvalue weighted by atomic mass is 10.1. The number of hydrogen-bond acceptors (Lipinski definition) is 3. The van der Waals surface area contributed by atoms with E-state index in [0.717, 1.165) is 6.07 Å². The van der Waals surface area contributed by atoms with Crippen molar-refractivity contribution in [2.24, 2.45) is 0 Å². The quantitative estimate of drug-likeness (QED) is 0.841. The SMILES string of the molecule is Cc1[nH]nc(N)c1-c1ncc(C(F)(F)F)cc1Cl. The Balaban J connectivity index is 2.55. The molecule has 18 heavy (non-hydrogen) atoms. The molecule has 2 heterocycles. The van der Waals surface area contributed by atoms with Gasteiger partial charge in [0.2, 0.25) is 0 Å². The minimum atomic E-state index is -4.48. The van der Waals surface area contributed by atoms with Crippen LogP contribution in [-0.4, -0.2) is 15.2 Å². The van der Waals surface area contributed by atoms with Crippen LogP contribution in [0.25, 0.3) is 11.3 Å². The van der Waals surface area contributed by atoms with Crippen molar-refractivity contribution in [3.05, 3.63) is 28.5 Å². The molecule has 0 aliphatic rings. The Labute approximate surface area is 105 Å². The summed E-state index contributed by atoms with van der Waals surface area (Å²) in [5.74, 6) is 0.140. The number of anilines is 1. The van der Waals surface area contributed by atoms with Gasteiger partial charge in [0.1, 0.15) is 0 Å². The normalized spacial score (nSPS) is 11.8. The van der Waals surface area contributed by atoms with Gasteiger partial charge in [-0.3, -0.25) is 10.1 Å². The van der Waals surface area contributed by atoms with E-state index in [4.69, 9.17) is 17.3 Å². The fourth-order valence-electron chi connectivity index (χ4n) is 1.52. The number of hydrogen-bond donors (Lipinski definition) is 2. The lowest BCUT2D eigenvalue weighted by molar-refractivity contribution is -0.137. The Kier molecular flexibility index (Phi) is 2.94. The van der Waals surface area contributed by atoms with E-state index in [-0.39, 0.29) is 16.5 Å². The zero-order valence-electron chi connectivity index (χ0n) is 9.14. The van der Waals surface area contributed by atoms with E-state index in [9.17, 15) is 13.2 Å². The standard InChI is InChI=1S/C10H8ClF3N4/c1-4-7(9(15)18-17-4)8-6(11)2-5(3-16-8)10(12,13)14/h2-3H,1H3,(H3,15,17,18). The summed E-state index contributed by atoms with van der Waals surface area (Å²) < 4.78 is 37.4. The first-order valence-electron chi connectivity index (χ1n) is 4.84. The van der Waals surface area contributed by atoms with Crippen molar-refractivity contribution >= 4 is 17.4 Å². The van der Waals surface area contributed by atoms with E-state index in [1.807, 2.05) is 0 Å². The lowest BCUT2D eigenvalue weighted by Crippen LogP contribution is -2.06. The van der Waals surface area contributed by atoms with Crippen molar-refractivity contribution in [3.8, 4) is 11.3 Å². The minimum Gasteiger partial charge on any atom is -0.382 e. The maximum atomic E-state index is 12.5. The number of nitrogens with zero attached hydrogens (tertiary/aromatic N) is 2. The van der Waals surface area contributed by atoms with Gasteiger partial charge in [0.05, 0.1) is 21.8 Å². The smallest absolute Gasteiger partial charge is 0.382 e. The number of aryl methyl sites for hydroxylation is 1. The number of aromatic amines is 1. The van der Waals surface area contributed by atoms with Gasteiger partial charge in [-0.15, -0.1) is 0 Å². The Hall–Kier alpha value is -1.76. The van der Waals surface area contributed by atoms with Crippen LogP contribution in [0.1, 0.15) is 11.3 Å². The van der Waals surface area contributed by atoms with Crippen LogP contribution < -0.4 is 5.73 Å². The molecule has 0 bridgehead atoms. The highest BCUT2D eigenvalue weighted by Gasteiger charge is 2.32. The maximum absolute atomic E-state index is 12.5. The van der Waals surface area contributed by atoms with Gasteiger partial charge in [-0.25, -0.2) is 0 Å². The van der Waals surface area contributed by atoms with Crippen LogP contribution in [0.5, 0.6) is 0 Å². The monoisotopic (exact) mass is 276 g/mol. The van der Waals surface area contributed by atoms with Crippen molar-refractivity contribution < 1.29 is 13.2 Å². The first kappa shape index (κ1) is 12.7. The minimum absolute atomic E-state index is 0.124. The number of nitrogens with two attached hydrogens (primary N) is 1. The summed E-state index contributed by atoms with van der Waals surface area (Å²) in [4.78, 5) is 3.72. The van der Waals surface area contributed by atoms with Gasteiger partial charge in [0.25, 0.3) is 0 Å². The van der Waals surface area contributed by atoms with E-state index in [0.29, 0.717) is 17.5 Å². The van der Waals surface area contributed by atoms with Crippen LogP contribution >= 0.6 is 11.6 Å². The average Bonchev–Trinajstić information content (AvgIpc) is 2.58. The van der Waals surface area contributed by atoms with Crippen molar-refractivity contribution in [1.82, 2.24) is 15.2 Å². The second-order valence-electron chi connectivity index (χ2n) is 3.66. The highest BCUT2D eigenvalue weighted by atomic mass is 35.5. The van der Waals surface area contributed by atoms with Crippen LogP contribution in [0.3, 0.4) is 0 Å². The second kappa shape index (κ2) is 4.16. The molecule has 0 aliphatic heterocycles. The number of rotatable bonds is 1. The molecule has 2 aromatic heterocycles.